The average Bonchev–Trinajstić information content (AvgIpc) is 3.23. The summed E-state index contributed by atoms with van der Waals surface area (Å²) >= 11 is 6.12. The van der Waals surface area contributed by atoms with Gasteiger partial charge >= 0.3 is 0 Å². The van der Waals surface area contributed by atoms with Gasteiger partial charge in [-0.3, -0.25) is 19.7 Å². The lowest BCUT2D eigenvalue weighted by molar-refractivity contribution is -0.137. The first kappa shape index (κ1) is 37.7. The van der Waals surface area contributed by atoms with Crippen molar-refractivity contribution in [3.63, 3.8) is 0 Å². The SMILES string of the molecule is O=C(NCCc1cccc(Oc2ccccc2)c1)c1ccccc1N1CCN(C(=O)[C@@H](CCc2ccc(Cl)cc2)NC(=O)C2N[CH]Cc3ccccc32)CC1. The Hall–Kier alpha value is -5.64. The predicted molar refractivity (Wildman–Crippen MR) is 216 cm³/mol. The molecule has 3 amide bonds. The van der Waals surface area contributed by atoms with E-state index < -0.39 is 12.1 Å². The first-order valence-electron chi connectivity index (χ1n) is 18.8. The van der Waals surface area contributed by atoms with Gasteiger partial charge in [0.15, 0.2) is 0 Å². The van der Waals surface area contributed by atoms with Crippen LogP contribution in [0, 0.1) is 6.54 Å². The van der Waals surface area contributed by atoms with Gasteiger partial charge in [-0.1, -0.05) is 90.5 Å². The molecule has 0 aliphatic carbocycles. The third-order valence-electron chi connectivity index (χ3n) is 10.1. The molecule has 55 heavy (non-hydrogen) atoms. The van der Waals surface area contributed by atoms with Gasteiger partial charge in [-0.15, -0.1) is 0 Å². The van der Waals surface area contributed by atoms with Gasteiger partial charge in [0, 0.05) is 50.0 Å². The zero-order valence-electron chi connectivity index (χ0n) is 30.6. The van der Waals surface area contributed by atoms with E-state index in [2.05, 4.69) is 20.9 Å². The lowest BCUT2D eigenvalue weighted by Gasteiger charge is -2.38. The molecule has 3 N–H and O–H groups in total. The minimum atomic E-state index is -0.714. The van der Waals surface area contributed by atoms with Crippen LogP contribution in [-0.2, 0) is 28.9 Å². The third kappa shape index (κ3) is 9.73. The quantitative estimate of drug-likeness (QED) is 0.121. The van der Waals surface area contributed by atoms with E-state index in [0.717, 1.165) is 45.9 Å². The molecule has 1 radical (unpaired) electrons. The Bertz CT molecular complexity index is 2090. The second-order valence-corrected chi connectivity index (χ2v) is 14.3. The highest BCUT2D eigenvalue weighted by molar-refractivity contribution is 6.30. The smallest absolute Gasteiger partial charge is 0.253 e. The fourth-order valence-electron chi connectivity index (χ4n) is 7.20. The molecule has 0 saturated carbocycles. The monoisotopic (exact) mass is 754 g/mol. The van der Waals surface area contributed by atoms with Crippen LogP contribution in [-0.4, -0.2) is 61.4 Å². The maximum Gasteiger partial charge on any atom is 0.253 e. The van der Waals surface area contributed by atoms with Gasteiger partial charge in [0.05, 0.1) is 5.56 Å². The van der Waals surface area contributed by atoms with Crippen molar-refractivity contribution in [3.8, 4) is 11.5 Å². The Morgan fingerprint density at radius 1 is 0.764 bits per heavy atom. The summed E-state index contributed by atoms with van der Waals surface area (Å²) in [5, 5.41) is 10.1. The molecule has 1 fully saturated rings. The number of nitrogens with one attached hydrogen (secondary N) is 3. The van der Waals surface area contributed by atoms with Crippen molar-refractivity contribution in [1.29, 1.82) is 0 Å². The van der Waals surface area contributed by atoms with E-state index in [0.29, 0.717) is 62.6 Å². The Morgan fingerprint density at radius 3 is 2.31 bits per heavy atom. The van der Waals surface area contributed by atoms with Crippen molar-refractivity contribution >= 4 is 35.0 Å². The van der Waals surface area contributed by atoms with Crippen LogP contribution in [0.15, 0.2) is 127 Å². The Labute approximate surface area is 327 Å². The molecule has 9 nitrogen and oxygen atoms in total. The summed E-state index contributed by atoms with van der Waals surface area (Å²) < 4.78 is 5.98. The number of ether oxygens (including phenoxy) is 1. The molecule has 7 rings (SSSR count). The Balaban J connectivity index is 0.966. The second kappa shape index (κ2) is 18.1. The molecular weight excluding hydrogens is 710 g/mol. The van der Waals surface area contributed by atoms with Crippen LogP contribution in [0.3, 0.4) is 0 Å². The minimum Gasteiger partial charge on any atom is -0.457 e. The van der Waals surface area contributed by atoms with Crippen molar-refractivity contribution in [1.82, 2.24) is 20.9 Å². The number of halogens is 1. The van der Waals surface area contributed by atoms with Crippen molar-refractivity contribution in [2.75, 3.05) is 37.6 Å². The first-order valence-corrected chi connectivity index (χ1v) is 19.2. The highest BCUT2D eigenvalue weighted by atomic mass is 35.5. The molecule has 5 aromatic rings. The molecule has 0 aromatic heterocycles. The number of piperazine rings is 1. The molecule has 281 valence electrons. The predicted octanol–water partition coefficient (Wildman–Crippen LogP) is 6.92. The number of nitrogens with zero attached hydrogens (tertiary/aromatic N) is 2. The molecule has 2 atom stereocenters. The number of anilines is 1. The lowest BCUT2D eigenvalue weighted by Crippen LogP contribution is -2.56. The van der Waals surface area contributed by atoms with E-state index in [1.165, 1.54) is 0 Å². The van der Waals surface area contributed by atoms with Gasteiger partial charge in [-0.25, -0.2) is 0 Å². The third-order valence-corrected chi connectivity index (χ3v) is 10.4. The largest absolute Gasteiger partial charge is 0.457 e. The van der Waals surface area contributed by atoms with Crippen molar-refractivity contribution in [2.24, 2.45) is 0 Å². The maximum absolute atomic E-state index is 14.2. The number of para-hydroxylation sites is 2. The molecule has 2 aliphatic heterocycles. The summed E-state index contributed by atoms with van der Waals surface area (Å²) in [6.45, 7) is 4.38. The standard InChI is InChI=1S/C45H45ClN5O4/c46-35-20-17-32(18-21-35)19-22-40(49-44(53)42-38-14-5-4-10-34(38)24-26-47-42)45(54)51-29-27-50(28-30-51)41-16-7-6-15-39(41)43(52)48-25-23-33-9-8-13-37(31-33)55-36-11-2-1-3-12-36/h1-18,20-21,26,31,40,42,47H,19,22-25,27-30H2,(H,48,52)(H,49,53)/t40-,42?/m1/s1. The molecule has 1 unspecified atom stereocenters. The number of fused-ring (bicyclic) bond motifs is 1. The molecular formula is C45H45ClN5O4. The molecule has 2 heterocycles. The van der Waals surface area contributed by atoms with Crippen LogP contribution in [0.25, 0.3) is 0 Å². The topological polar surface area (TPSA) is 103 Å². The van der Waals surface area contributed by atoms with E-state index in [1.54, 1.807) is 0 Å². The van der Waals surface area contributed by atoms with Crippen LogP contribution in [0.4, 0.5) is 5.69 Å². The van der Waals surface area contributed by atoms with Crippen molar-refractivity contribution in [3.05, 3.63) is 167 Å². The fourth-order valence-corrected chi connectivity index (χ4v) is 7.33. The van der Waals surface area contributed by atoms with Crippen LogP contribution >= 0.6 is 11.6 Å². The molecule has 10 heteroatoms. The number of hydrogen-bond acceptors (Lipinski definition) is 6. The normalized spacial score (nSPS) is 15.8. The number of aryl methyl sites for hydroxylation is 1. The number of carbonyl (C=O) groups excluding carboxylic acids is 3. The lowest BCUT2D eigenvalue weighted by atomic mass is 9.93. The molecule has 0 spiro atoms. The van der Waals surface area contributed by atoms with Gasteiger partial charge in [0.1, 0.15) is 23.6 Å². The Morgan fingerprint density at radius 2 is 1.49 bits per heavy atom. The van der Waals surface area contributed by atoms with Gasteiger partial charge in [0.2, 0.25) is 11.8 Å². The number of carbonyl (C=O) groups is 3. The minimum absolute atomic E-state index is 0.112. The maximum atomic E-state index is 14.2. The summed E-state index contributed by atoms with van der Waals surface area (Å²) in [7, 11) is 0. The molecule has 2 aliphatic rings. The van der Waals surface area contributed by atoms with Crippen LogP contribution in [0.1, 0.15) is 45.1 Å². The Kier molecular flexibility index (Phi) is 12.4. The number of hydrogen-bond donors (Lipinski definition) is 3. The average molecular weight is 755 g/mol. The van der Waals surface area contributed by atoms with Gasteiger partial charge < -0.3 is 25.2 Å². The summed E-state index contributed by atoms with van der Waals surface area (Å²) in [5.41, 5.74) is 5.53. The fraction of sp³-hybridized carbons (Fsp3) is 0.244. The summed E-state index contributed by atoms with van der Waals surface area (Å²) in [6, 6.07) is 39.3. The molecule has 1 saturated heterocycles. The number of benzene rings is 5. The van der Waals surface area contributed by atoms with Crippen molar-refractivity contribution < 1.29 is 19.1 Å². The number of amides is 3. The highest BCUT2D eigenvalue weighted by Crippen LogP contribution is 2.26. The second-order valence-electron chi connectivity index (χ2n) is 13.8. The first-order chi connectivity index (χ1) is 26.9. The van der Waals surface area contributed by atoms with E-state index in [1.807, 2.05) is 139 Å². The summed E-state index contributed by atoms with van der Waals surface area (Å²) in [5.74, 6) is 1.03. The summed E-state index contributed by atoms with van der Waals surface area (Å²) in [6.07, 6.45) is 2.42. The van der Waals surface area contributed by atoms with E-state index in [4.69, 9.17) is 16.3 Å². The molecule has 5 aromatic carbocycles. The van der Waals surface area contributed by atoms with Gasteiger partial charge in [-0.05, 0) is 96.5 Å². The number of rotatable bonds is 13. The van der Waals surface area contributed by atoms with Gasteiger partial charge in [-0.2, -0.15) is 0 Å². The van der Waals surface area contributed by atoms with Gasteiger partial charge in [0.25, 0.3) is 5.91 Å². The highest BCUT2D eigenvalue weighted by Gasteiger charge is 2.33. The van der Waals surface area contributed by atoms with Crippen LogP contribution < -0.4 is 25.6 Å². The van der Waals surface area contributed by atoms with Crippen molar-refractivity contribution in [2.45, 2.75) is 37.8 Å². The van der Waals surface area contributed by atoms with E-state index in [-0.39, 0.29) is 17.7 Å². The van der Waals surface area contributed by atoms with E-state index >= 15 is 0 Å². The molecule has 0 bridgehead atoms. The zero-order valence-corrected chi connectivity index (χ0v) is 31.4. The van der Waals surface area contributed by atoms with Crippen LogP contribution in [0.2, 0.25) is 5.02 Å². The zero-order chi connectivity index (χ0) is 38.0. The summed E-state index contributed by atoms with van der Waals surface area (Å²) in [4.78, 5) is 45.4. The van der Waals surface area contributed by atoms with Crippen LogP contribution in [0.5, 0.6) is 11.5 Å². The van der Waals surface area contributed by atoms with E-state index in [9.17, 15) is 14.4 Å².